The highest BCUT2D eigenvalue weighted by molar-refractivity contribution is 7.89. The molecular formula is C18H19F2NO4S. The Hall–Kier alpha value is -2.32. The van der Waals surface area contributed by atoms with E-state index in [0.29, 0.717) is 0 Å². The monoisotopic (exact) mass is 383 g/mol. The van der Waals surface area contributed by atoms with Gasteiger partial charge in [0.2, 0.25) is 10.0 Å². The van der Waals surface area contributed by atoms with E-state index in [1.807, 2.05) is 0 Å². The molecule has 0 fully saturated rings. The molecule has 0 spiro atoms. The number of rotatable bonds is 7. The summed E-state index contributed by atoms with van der Waals surface area (Å²) in [7, 11) is -3.93. The predicted molar refractivity (Wildman–Crippen MR) is 91.5 cm³/mol. The Bertz CT molecular complexity index is 870. The first-order valence-corrected chi connectivity index (χ1v) is 9.37. The summed E-state index contributed by atoms with van der Waals surface area (Å²) in [5.41, 5.74) is -0.133. The second-order valence-corrected chi connectivity index (χ2v) is 7.69. The fourth-order valence-corrected chi connectivity index (χ4v) is 3.54. The molecule has 0 heterocycles. The minimum Gasteiger partial charge on any atom is -0.460 e. The molecule has 1 atom stereocenters. The molecule has 0 saturated heterocycles. The SMILES string of the molecule is CC(C)[C@H](NS(=O)(=O)c1ccccc1)C(=O)OCc1cccc(F)c1F. The molecule has 0 aliphatic heterocycles. The second-order valence-electron chi connectivity index (χ2n) is 5.98. The summed E-state index contributed by atoms with van der Waals surface area (Å²) in [6.45, 7) is 2.78. The molecular weight excluding hydrogens is 364 g/mol. The van der Waals surface area contributed by atoms with Crippen molar-refractivity contribution in [3.63, 3.8) is 0 Å². The first-order chi connectivity index (χ1) is 12.2. The number of nitrogens with one attached hydrogen (secondary N) is 1. The number of carbonyl (C=O) groups excluding carboxylic acids is 1. The van der Waals surface area contributed by atoms with Gasteiger partial charge in [-0.05, 0) is 24.1 Å². The number of esters is 1. The third-order valence-electron chi connectivity index (χ3n) is 3.66. The molecule has 0 aliphatic carbocycles. The lowest BCUT2D eigenvalue weighted by atomic mass is 10.1. The van der Waals surface area contributed by atoms with Crippen LogP contribution in [0.3, 0.4) is 0 Å². The van der Waals surface area contributed by atoms with E-state index in [0.717, 1.165) is 6.07 Å². The van der Waals surface area contributed by atoms with Gasteiger partial charge in [0.1, 0.15) is 12.6 Å². The van der Waals surface area contributed by atoms with E-state index in [2.05, 4.69) is 4.72 Å². The molecule has 0 unspecified atom stereocenters. The van der Waals surface area contributed by atoms with Gasteiger partial charge in [0.25, 0.3) is 0 Å². The Labute approximate surface area is 151 Å². The van der Waals surface area contributed by atoms with Crippen molar-refractivity contribution in [3.05, 3.63) is 65.7 Å². The van der Waals surface area contributed by atoms with Gasteiger partial charge in [-0.25, -0.2) is 17.2 Å². The zero-order valence-electron chi connectivity index (χ0n) is 14.3. The van der Waals surface area contributed by atoms with Gasteiger partial charge < -0.3 is 4.74 Å². The van der Waals surface area contributed by atoms with Crippen LogP contribution in [-0.2, 0) is 26.2 Å². The molecule has 1 N–H and O–H groups in total. The van der Waals surface area contributed by atoms with Crippen molar-refractivity contribution in [3.8, 4) is 0 Å². The molecule has 2 rings (SSSR count). The summed E-state index contributed by atoms with van der Waals surface area (Å²) in [5, 5.41) is 0. The Morgan fingerprint density at radius 2 is 1.73 bits per heavy atom. The average Bonchev–Trinajstić information content (AvgIpc) is 2.61. The lowest BCUT2D eigenvalue weighted by Crippen LogP contribution is -2.45. The summed E-state index contributed by atoms with van der Waals surface area (Å²) in [5.74, 6) is -3.45. The zero-order valence-corrected chi connectivity index (χ0v) is 15.1. The maximum atomic E-state index is 13.6. The molecule has 140 valence electrons. The molecule has 0 amide bonds. The predicted octanol–water partition coefficient (Wildman–Crippen LogP) is 3.01. The molecule has 0 bridgehead atoms. The van der Waals surface area contributed by atoms with Crippen LogP contribution in [0.5, 0.6) is 0 Å². The number of benzene rings is 2. The summed E-state index contributed by atoms with van der Waals surface area (Å²) in [6.07, 6.45) is 0. The Morgan fingerprint density at radius 3 is 2.35 bits per heavy atom. The zero-order chi connectivity index (χ0) is 19.3. The van der Waals surface area contributed by atoms with Crippen LogP contribution in [0.4, 0.5) is 8.78 Å². The number of halogens is 2. The summed E-state index contributed by atoms with van der Waals surface area (Å²) in [6, 6.07) is 9.93. The fraction of sp³-hybridized carbons (Fsp3) is 0.278. The summed E-state index contributed by atoms with van der Waals surface area (Å²) < 4.78 is 58.9. The lowest BCUT2D eigenvalue weighted by Gasteiger charge is -2.21. The van der Waals surface area contributed by atoms with E-state index in [1.165, 1.54) is 24.3 Å². The number of ether oxygens (including phenoxy) is 1. The molecule has 0 aliphatic rings. The van der Waals surface area contributed by atoms with Gasteiger partial charge >= 0.3 is 5.97 Å². The van der Waals surface area contributed by atoms with E-state index in [4.69, 9.17) is 4.74 Å². The third kappa shape index (κ3) is 4.86. The largest absolute Gasteiger partial charge is 0.460 e. The third-order valence-corrected chi connectivity index (χ3v) is 5.11. The van der Waals surface area contributed by atoms with Crippen molar-refractivity contribution in [1.82, 2.24) is 4.72 Å². The summed E-state index contributed by atoms with van der Waals surface area (Å²) in [4.78, 5) is 12.3. The van der Waals surface area contributed by atoms with Crippen LogP contribution in [0.2, 0.25) is 0 Å². The Balaban J connectivity index is 2.12. The Morgan fingerprint density at radius 1 is 1.08 bits per heavy atom. The Kier molecular flexibility index (Phi) is 6.44. The van der Waals surface area contributed by atoms with Crippen LogP contribution in [0.15, 0.2) is 53.4 Å². The minimum absolute atomic E-state index is 0.00891. The van der Waals surface area contributed by atoms with Gasteiger partial charge in [0.15, 0.2) is 11.6 Å². The first kappa shape index (κ1) is 20.0. The lowest BCUT2D eigenvalue weighted by molar-refractivity contribution is -0.148. The number of hydrogen-bond acceptors (Lipinski definition) is 4. The van der Waals surface area contributed by atoms with Crippen LogP contribution >= 0.6 is 0 Å². The smallest absolute Gasteiger partial charge is 0.324 e. The molecule has 2 aromatic carbocycles. The average molecular weight is 383 g/mol. The van der Waals surface area contributed by atoms with Crippen LogP contribution in [0.25, 0.3) is 0 Å². The van der Waals surface area contributed by atoms with E-state index in [1.54, 1.807) is 32.0 Å². The second kappa shape index (κ2) is 8.37. The molecule has 0 radical (unpaired) electrons. The molecule has 5 nitrogen and oxygen atoms in total. The number of hydrogen-bond donors (Lipinski definition) is 1. The maximum Gasteiger partial charge on any atom is 0.324 e. The molecule has 0 saturated carbocycles. The molecule has 0 aromatic heterocycles. The van der Waals surface area contributed by atoms with Gasteiger partial charge in [-0.3, -0.25) is 4.79 Å². The standard InChI is InChI=1S/C18H19F2NO4S/c1-12(2)17(21-26(23,24)14-8-4-3-5-9-14)18(22)25-11-13-7-6-10-15(19)16(13)20/h3-10,12,17,21H,11H2,1-2H3/t17-/m0/s1. The van der Waals surface area contributed by atoms with Crippen molar-refractivity contribution in [1.29, 1.82) is 0 Å². The topological polar surface area (TPSA) is 72.5 Å². The maximum absolute atomic E-state index is 13.6. The number of sulfonamides is 1. The van der Waals surface area contributed by atoms with Gasteiger partial charge in [-0.1, -0.05) is 44.2 Å². The molecule has 26 heavy (non-hydrogen) atoms. The minimum atomic E-state index is -3.93. The fourth-order valence-electron chi connectivity index (χ4n) is 2.19. The van der Waals surface area contributed by atoms with E-state index in [9.17, 15) is 22.0 Å². The van der Waals surface area contributed by atoms with Crippen LogP contribution in [0, 0.1) is 17.6 Å². The van der Waals surface area contributed by atoms with Crippen molar-refractivity contribution < 1.29 is 26.7 Å². The van der Waals surface area contributed by atoms with Crippen molar-refractivity contribution >= 4 is 16.0 Å². The van der Waals surface area contributed by atoms with Crippen LogP contribution < -0.4 is 4.72 Å². The van der Waals surface area contributed by atoms with E-state index < -0.39 is 46.2 Å². The highest BCUT2D eigenvalue weighted by atomic mass is 32.2. The highest BCUT2D eigenvalue weighted by Crippen LogP contribution is 2.15. The van der Waals surface area contributed by atoms with Crippen molar-refractivity contribution in [2.24, 2.45) is 5.92 Å². The van der Waals surface area contributed by atoms with E-state index >= 15 is 0 Å². The van der Waals surface area contributed by atoms with Gasteiger partial charge in [-0.15, -0.1) is 0 Å². The number of carbonyl (C=O) groups is 1. The van der Waals surface area contributed by atoms with E-state index in [-0.39, 0.29) is 10.5 Å². The van der Waals surface area contributed by atoms with Gasteiger partial charge in [-0.2, -0.15) is 4.72 Å². The van der Waals surface area contributed by atoms with Crippen molar-refractivity contribution in [2.45, 2.75) is 31.4 Å². The molecule has 2 aromatic rings. The van der Waals surface area contributed by atoms with Crippen LogP contribution in [0.1, 0.15) is 19.4 Å². The van der Waals surface area contributed by atoms with Crippen molar-refractivity contribution in [2.75, 3.05) is 0 Å². The summed E-state index contributed by atoms with van der Waals surface area (Å²) >= 11 is 0. The highest BCUT2D eigenvalue weighted by Gasteiger charge is 2.29. The first-order valence-electron chi connectivity index (χ1n) is 7.89. The normalized spacial score (nSPS) is 12.8. The quantitative estimate of drug-likeness (QED) is 0.746. The van der Waals surface area contributed by atoms with Crippen LogP contribution in [-0.4, -0.2) is 20.4 Å². The van der Waals surface area contributed by atoms with Gasteiger partial charge in [0, 0.05) is 5.56 Å². The molecule has 8 heteroatoms. The van der Waals surface area contributed by atoms with Gasteiger partial charge in [0.05, 0.1) is 4.90 Å².